The molecule has 1 atom stereocenters. The quantitative estimate of drug-likeness (QED) is 0.776. The fraction of sp³-hybridized carbons (Fsp3) is 0.571. The molecule has 1 aromatic heterocycles. The lowest BCUT2D eigenvalue weighted by atomic mass is 10.1. The van der Waals surface area contributed by atoms with Gasteiger partial charge >= 0.3 is 0 Å². The van der Waals surface area contributed by atoms with Gasteiger partial charge in [0.2, 0.25) is 0 Å². The second-order valence-corrected chi connectivity index (χ2v) is 7.84. The first-order valence-electron chi connectivity index (χ1n) is 7.06. The Balaban J connectivity index is 2.24. The summed E-state index contributed by atoms with van der Waals surface area (Å²) >= 11 is 5.98. The molecule has 2 heterocycles. The molecule has 116 valence electrons. The maximum atomic E-state index is 12.7. The maximum Gasteiger partial charge on any atom is 0.257 e. The average molecular weight is 331 g/mol. The van der Waals surface area contributed by atoms with Gasteiger partial charge in [-0.25, -0.2) is 13.4 Å². The van der Waals surface area contributed by atoms with Crippen LogP contribution in [0.2, 0.25) is 5.15 Å². The second kappa shape index (κ2) is 6.75. The lowest BCUT2D eigenvalue weighted by Crippen LogP contribution is -2.42. The molecule has 1 unspecified atom stereocenters. The van der Waals surface area contributed by atoms with Crippen LogP contribution in [0.25, 0.3) is 0 Å². The average Bonchev–Trinajstić information content (AvgIpc) is 2.79. The molecule has 0 bridgehead atoms. The Labute approximate surface area is 130 Å². The Morgan fingerprint density at radius 2 is 2.29 bits per heavy atom. The van der Waals surface area contributed by atoms with E-state index in [2.05, 4.69) is 4.98 Å². The van der Waals surface area contributed by atoms with Crippen LogP contribution in [0.5, 0.6) is 0 Å². The molecule has 0 spiro atoms. The van der Waals surface area contributed by atoms with Crippen LogP contribution in [-0.4, -0.2) is 48.3 Å². The number of carbonyl (C=O) groups is 1. The molecule has 0 radical (unpaired) electrons. The Bertz CT molecular complexity index is 618. The third-order valence-corrected chi connectivity index (χ3v) is 5.70. The summed E-state index contributed by atoms with van der Waals surface area (Å²) < 4.78 is 23.3. The maximum absolute atomic E-state index is 12.7. The van der Waals surface area contributed by atoms with E-state index in [-0.39, 0.29) is 28.6 Å². The van der Waals surface area contributed by atoms with Crippen molar-refractivity contribution in [2.45, 2.75) is 32.2 Å². The highest BCUT2D eigenvalue weighted by Crippen LogP contribution is 2.22. The molecule has 1 amide bonds. The lowest BCUT2D eigenvalue weighted by Gasteiger charge is -2.28. The van der Waals surface area contributed by atoms with Crippen molar-refractivity contribution >= 4 is 27.3 Å². The normalized spacial score (nSPS) is 20.4. The Morgan fingerprint density at radius 1 is 1.52 bits per heavy atom. The van der Waals surface area contributed by atoms with Gasteiger partial charge in [-0.1, -0.05) is 24.9 Å². The van der Waals surface area contributed by atoms with Crippen molar-refractivity contribution in [2.24, 2.45) is 0 Å². The summed E-state index contributed by atoms with van der Waals surface area (Å²) in [6.07, 6.45) is 3.79. The summed E-state index contributed by atoms with van der Waals surface area (Å²) in [6.45, 7) is 2.58. The number of halogens is 1. The van der Waals surface area contributed by atoms with Gasteiger partial charge in [-0.05, 0) is 25.0 Å². The van der Waals surface area contributed by atoms with Gasteiger partial charge in [-0.2, -0.15) is 0 Å². The molecule has 1 fully saturated rings. The van der Waals surface area contributed by atoms with Crippen LogP contribution in [0, 0.1) is 0 Å². The highest BCUT2D eigenvalue weighted by atomic mass is 35.5. The monoisotopic (exact) mass is 330 g/mol. The van der Waals surface area contributed by atoms with Crippen molar-refractivity contribution in [1.29, 1.82) is 0 Å². The molecule has 7 heteroatoms. The van der Waals surface area contributed by atoms with Gasteiger partial charge in [-0.15, -0.1) is 0 Å². The molecular formula is C14H19ClN2O3S. The molecule has 5 nitrogen and oxygen atoms in total. The van der Waals surface area contributed by atoms with Gasteiger partial charge in [0.1, 0.15) is 5.15 Å². The van der Waals surface area contributed by atoms with Gasteiger partial charge in [0.15, 0.2) is 9.84 Å². The molecule has 0 aliphatic carbocycles. The highest BCUT2D eigenvalue weighted by molar-refractivity contribution is 7.91. The minimum Gasteiger partial charge on any atom is -0.335 e. The van der Waals surface area contributed by atoms with Crippen LogP contribution in [0.15, 0.2) is 18.3 Å². The minimum absolute atomic E-state index is 0.0420. The van der Waals surface area contributed by atoms with Crippen molar-refractivity contribution in [3.8, 4) is 0 Å². The van der Waals surface area contributed by atoms with E-state index in [4.69, 9.17) is 11.6 Å². The Hall–Kier alpha value is -1.14. The van der Waals surface area contributed by atoms with Crippen LogP contribution in [0.4, 0.5) is 0 Å². The Kier molecular flexibility index (Phi) is 5.22. The first-order chi connectivity index (χ1) is 9.94. The number of pyridine rings is 1. The number of nitrogens with zero attached hydrogens (tertiary/aromatic N) is 2. The van der Waals surface area contributed by atoms with Gasteiger partial charge in [0, 0.05) is 18.8 Å². The van der Waals surface area contributed by atoms with E-state index < -0.39 is 9.84 Å². The number of carbonyl (C=O) groups excluding carboxylic acids is 1. The molecule has 0 N–H and O–H groups in total. The number of sulfone groups is 1. The SMILES string of the molecule is CCCCN(C(=O)c1cccnc1Cl)C1CCS(=O)(=O)C1. The number of rotatable bonds is 5. The zero-order chi connectivity index (χ0) is 15.5. The predicted octanol–water partition coefficient (Wildman–Crippen LogP) is 2.16. The molecule has 0 aromatic carbocycles. The Morgan fingerprint density at radius 3 is 2.86 bits per heavy atom. The van der Waals surface area contributed by atoms with Gasteiger partial charge < -0.3 is 4.90 Å². The first kappa shape index (κ1) is 16.2. The summed E-state index contributed by atoms with van der Waals surface area (Å²) in [7, 11) is -3.03. The molecule has 1 aliphatic heterocycles. The zero-order valence-corrected chi connectivity index (χ0v) is 13.5. The molecule has 0 saturated carbocycles. The van der Waals surface area contributed by atoms with E-state index in [0.717, 1.165) is 12.8 Å². The van der Waals surface area contributed by atoms with Crippen LogP contribution < -0.4 is 0 Å². The van der Waals surface area contributed by atoms with Crippen LogP contribution in [0.1, 0.15) is 36.5 Å². The third kappa shape index (κ3) is 3.95. The predicted molar refractivity (Wildman–Crippen MR) is 82.3 cm³/mol. The fourth-order valence-corrected chi connectivity index (χ4v) is 4.43. The smallest absolute Gasteiger partial charge is 0.257 e. The number of amides is 1. The van der Waals surface area contributed by atoms with E-state index in [9.17, 15) is 13.2 Å². The van der Waals surface area contributed by atoms with Gasteiger partial charge in [-0.3, -0.25) is 4.79 Å². The first-order valence-corrected chi connectivity index (χ1v) is 9.26. The lowest BCUT2D eigenvalue weighted by molar-refractivity contribution is 0.0694. The summed E-state index contributed by atoms with van der Waals surface area (Å²) in [5.41, 5.74) is 0.333. The standard InChI is InChI=1S/C14H19ClN2O3S/c1-2-3-8-17(11-6-9-21(19,20)10-11)14(18)12-5-4-7-16-13(12)15/h4-5,7,11H,2-3,6,8-10H2,1H3. The largest absolute Gasteiger partial charge is 0.335 e. The van der Waals surface area contributed by atoms with E-state index >= 15 is 0 Å². The van der Waals surface area contributed by atoms with Crippen molar-refractivity contribution in [3.05, 3.63) is 29.0 Å². The fourth-order valence-electron chi connectivity index (χ4n) is 2.50. The molecule has 21 heavy (non-hydrogen) atoms. The summed E-state index contributed by atoms with van der Waals surface area (Å²) in [4.78, 5) is 18.2. The van der Waals surface area contributed by atoms with E-state index in [1.54, 1.807) is 17.0 Å². The number of aromatic nitrogens is 1. The number of unbranched alkanes of at least 4 members (excludes halogenated alkanes) is 1. The van der Waals surface area contributed by atoms with Crippen LogP contribution in [0.3, 0.4) is 0 Å². The minimum atomic E-state index is -3.03. The van der Waals surface area contributed by atoms with E-state index in [1.807, 2.05) is 6.92 Å². The van der Waals surface area contributed by atoms with Crippen molar-refractivity contribution in [3.63, 3.8) is 0 Å². The molecular weight excluding hydrogens is 312 g/mol. The van der Waals surface area contributed by atoms with Crippen molar-refractivity contribution < 1.29 is 13.2 Å². The number of hydrogen-bond acceptors (Lipinski definition) is 4. The summed E-state index contributed by atoms with van der Waals surface area (Å²) in [5.74, 6) is -0.0436. The molecule has 1 aliphatic rings. The van der Waals surface area contributed by atoms with Crippen molar-refractivity contribution in [2.75, 3.05) is 18.1 Å². The molecule has 1 aromatic rings. The van der Waals surface area contributed by atoms with Crippen LogP contribution >= 0.6 is 11.6 Å². The van der Waals surface area contributed by atoms with Gasteiger partial charge in [0.25, 0.3) is 5.91 Å². The highest BCUT2D eigenvalue weighted by Gasteiger charge is 2.35. The topological polar surface area (TPSA) is 67.3 Å². The van der Waals surface area contributed by atoms with Gasteiger partial charge in [0.05, 0.1) is 17.1 Å². The molecule has 1 saturated heterocycles. The molecule has 2 rings (SSSR count). The second-order valence-electron chi connectivity index (χ2n) is 5.25. The summed E-state index contributed by atoms with van der Waals surface area (Å²) in [5, 5.41) is 0.157. The van der Waals surface area contributed by atoms with E-state index in [0.29, 0.717) is 18.5 Å². The third-order valence-electron chi connectivity index (χ3n) is 3.65. The van der Waals surface area contributed by atoms with Crippen molar-refractivity contribution in [1.82, 2.24) is 9.88 Å². The van der Waals surface area contributed by atoms with E-state index in [1.165, 1.54) is 6.20 Å². The van der Waals surface area contributed by atoms with Crippen LogP contribution in [-0.2, 0) is 9.84 Å². The zero-order valence-electron chi connectivity index (χ0n) is 12.0. The number of hydrogen-bond donors (Lipinski definition) is 0. The summed E-state index contributed by atoms with van der Waals surface area (Å²) in [6, 6.07) is 3.02.